The van der Waals surface area contributed by atoms with Gasteiger partial charge in [-0.25, -0.2) is 12.8 Å². The Morgan fingerprint density at radius 1 is 1.14 bits per heavy atom. The second kappa shape index (κ2) is 11.5. The number of hydrogen-bond donors (Lipinski definition) is 1. The number of carbonyl (C=O) groups excluding carboxylic acids is 2. The SMILES string of the molecule is C[C@@H]1[C@H](N)C(=O)N(Cc2ccc(Cl)cc2)c2cc(C(=O)CCCCC(F)(F)F)c(F)cc2S1(=O)=O.Cl. The maximum Gasteiger partial charge on any atom is 0.389 e. The lowest BCUT2D eigenvalue weighted by Gasteiger charge is -2.25. The number of carbonyl (C=O) groups is 2. The molecule has 0 aliphatic carbocycles. The van der Waals surface area contributed by atoms with E-state index in [0.29, 0.717) is 16.7 Å². The molecule has 36 heavy (non-hydrogen) atoms. The fraction of sp³-hybridized carbons (Fsp3) is 0.391. The molecular weight excluding hydrogens is 547 g/mol. The number of hydrogen-bond acceptors (Lipinski definition) is 5. The van der Waals surface area contributed by atoms with Gasteiger partial charge in [0.1, 0.15) is 11.9 Å². The monoisotopic (exact) mass is 570 g/mol. The normalized spacial score (nSPS) is 19.3. The first-order valence-corrected chi connectivity index (χ1v) is 12.6. The molecule has 0 aromatic heterocycles. The molecule has 2 aromatic rings. The highest BCUT2D eigenvalue weighted by Crippen LogP contribution is 2.37. The summed E-state index contributed by atoms with van der Waals surface area (Å²) < 4.78 is 78.2. The van der Waals surface area contributed by atoms with E-state index in [4.69, 9.17) is 17.3 Å². The molecule has 1 aliphatic rings. The summed E-state index contributed by atoms with van der Waals surface area (Å²) in [5, 5.41) is -0.933. The Morgan fingerprint density at radius 3 is 2.33 bits per heavy atom. The first-order valence-electron chi connectivity index (χ1n) is 10.7. The van der Waals surface area contributed by atoms with Gasteiger partial charge >= 0.3 is 6.18 Å². The summed E-state index contributed by atoms with van der Waals surface area (Å²) in [6, 6.07) is 6.54. The van der Waals surface area contributed by atoms with Crippen LogP contribution in [0.15, 0.2) is 41.3 Å². The van der Waals surface area contributed by atoms with Gasteiger partial charge in [-0.1, -0.05) is 23.7 Å². The van der Waals surface area contributed by atoms with Gasteiger partial charge < -0.3 is 10.6 Å². The number of rotatable bonds is 7. The predicted octanol–water partition coefficient (Wildman–Crippen LogP) is 5.24. The lowest BCUT2D eigenvalue weighted by molar-refractivity contribution is -0.135. The number of amides is 1. The largest absolute Gasteiger partial charge is 0.389 e. The number of alkyl halides is 3. The average molecular weight is 571 g/mol. The van der Waals surface area contributed by atoms with Gasteiger partial charge in [-0.15, -0.1) is 12.4 Å². The van der Waals surface area contributed by atoms with Crippen molar-refractivity contribution in [2.75, 3.05) is 4.90 Å². The maximum atomic E-state index is 14.9. The van der Waals surface area contributed by atoms with Crippen LogP contribution in [0.3, 0.4) is 0 Å². The van der Waals surface area contributed by atoms with Crippen molar-refractivity contribution in [3.8, 4) is 0 Å². The number of ketones is 1. The van der Waals surface area contributed by atoms with E-state index in [-0.39, 0.29) is 43.9 Å². The summed E-state index contributed by atoms with van der Waals surface area (Å²) >= 11 is 5.90. The summed E-state index contributed by atoms with van der Waals surface area (Å²) in [4.78, 5) is 26.4. The molecule has 198 valence electrons. The van der Waals surface area contributed by atoms with Crippen LogP contribution in [0.5, 0.6) is 0 Å². The van der Waals surface area contributed by atoms with Crippen molar-refractivity contribution >= 4 is 51.2 Å². The number of sulfone groups is 1. The Kier molecular flexibility index (Phi) is 9.55. The Hall–Kier alpha value is -2.21. The molecule has 0 fully saturated rings. The van der Waals surface area contributed by atoms with Crippen LogP contribution in [0.4, 0.5) is 23.2 Å². The Balaban J connectivity index is 0.00000456. The third-order valence-electron chi connectivity index (χ3n) is 5.86. The van der Waals surface area contributed by atoms with Gasteiger partial charge in [0.15, 0.2) is 15.6 Å². The minimum absolute atomic E-state index is 0. The fourth-order valence-electron chi connectivity index (χ4n) is 3.77. The molecule has 13 heteroatoms. The molecule has 1 heterocycles. The number of benzene rings is 2. The quantitative estimate of drug-likeness (QED) is 0.279. The molecule has 0 radical (unpaired) electrons. The molecule has 0 spiro atoms. The van der Waals surface area contributed by atoms with Gasteiger partial charge in [-0.2, -0.15) is 13.2 Å². The van der Waals surface area contributed by atoms with E-state index in [2.05, 4.69) is 0 Å². The highest BCUT2D eigenvalue weighted by atomic mass is 35.5. The van der Waals surface area contributed by atoms with Crippen molar-refractivity contribution in [1.82, 2.24) is 0 Å². The van der Waals surface area contributed by atoms with E-state index in [1.54, 1.807) is 24.3 Å². The maximum absolute atomic E-state index is 14.9. The molecule has 3 rings (SSSR count). The van der Waals surface area contributed by atoms with Gasteiger partial charge in [-0.05, 0) is 49.6 Å². The van der Waals surface area contributed by atoms with Gasteiger partial charge in [-0.3, -0.25) is 9.59 Å². The van der Waals surface area contributed by atoms with Crippen LogP contribution in [0.2, 0.25) is 5.02 Å². The first-order chi connectivity index (χ1) is 16.2. The van der Waals surface area contributed by atoms with E-state index >= 15 is 0 Å². The highest BCUT2D eigenvalue weighted by Gasteiger charge is 2.42. The summed E-state index contributed by atoms with van der Waals surface area (Å²) in [5.74, 6) is -2.69. The van der Waals surface area contributed by atoms with Gasteiger partial charge in [0, 0.05) is 17.9 Å². The van der Waals surface area contributed by atoms with Crippen molar-refractivity contribution < 1.29 is 35.6 Å². The van der Waals surface area contributed by atoms with Crippen molar-refractivity contribution in [3.05, 3.63) is 58.4 Å². The minimum Gasteiger partial charge on any atom is -0.319 e. The van der Waals surface area contributed by atoms with Gasteiger partial charge in [0.25, 0.3) is 0 Å². The number of nitrogens with two attached hydrogens (primary N) is 1. The summed E-state index contributed by atoms with van der Waals surface area (Å²) in [6.45, 7) is 1.11. The second-order valence-electron chi connectivity index (χ2n) is 8.37. The molecule has 2 N–H and O–H groups in total. The molecule has 0 saturated heterocycles. The second-order valence-corrected chi connectivity index (χ2v) is 11.1. The highest BCUT2D eigenvalue weighted by molar-refractivity contribution is 7.92. The zero-order chi connectivity index (χ0) is 26.1. The van der Waals surface area contributed by atoms with E-state index in [9.17, 15) is 35.6 Å². The van der Waals surface area contributed by atoms with E-state index in [1.165, 1.54) is 6.92 Å². The van der Waals surface area contributed by atoms with E-state index in [0.717, 1.165) is 11.0 Å². The topological polar surface area (TPSA) is 97.5 Å². The summed E-state index contributed by atoms with van der Waals surface area (Å²) in [6.07, 6.45) is -6.28. The van der Waals surface area contributed by atoms with Crippen molar-refractivity contribution in [3.63, 3.8) is 0 Å². The van der Waals surface area contributed by atoms with Crippen molar-refractivity contribution in [2.24, 2.45) is 5.73 Å². The number of unbranched alkanes of at least 4 members (excludes halogenated alkanes) is 1. The third-order valence-corrected chi connectivity index (χ3v) is 8.32. The number of fused-ring (bicyclic) bond motifs is 1. The smallest absolute Gasteiger partial charge is 0.319 e. The van der Waals surface area contributed by atoms with Crippen molar-refractivity contribution in [1.29, 1.82) is 0 Å². The standard InChI is InChI=1S/C23H23ClF4N2O4S.ClH/c1-13-21(29)22(32)30(12-14-5-7-15(24)8-6-14)18-10-16(17(25)11-20(18)35(13,33)34)19(31)4-2-3-9-23(26,27)28;/h5-8,10-11,13,21H,2-4,9,12,29H2,1H3;1H/t13-,21+;/m1./s1. The summed E-state index contributed by atoms with van der Waals surface area (Å²) in [5.41, 5.74) is 5.79. The van der Waals surface area contributed by atoms with Crippen LogP contribution in [0, 0.1) is 5.82 Å². The van der Waals surface area contributed by atoms with E-state index in [1.807, 2.05) is 0 Å². The predicted molar refractivity (Wildman–Crippen MR) is 130 cm³/mol. The molecule has 0 bridgehead atoms. The first kappa shape index (κ1) is 30.0. The van der Waals surface area contributed by atoms with Crippen LogP contribution < -0.4 is 10.6 Å². The Morgan fingerprint density at radius 2 is 1.75 bits per heavy atom. The zero-order valence-corrected chi connectivity index (χ0v) is 21.4. The molecule has 2 aromatic carbocycles. The summed E-state index contributed by atoms with van der Waals surface area (Å²) in [7, 11) is -4.26. The molecule has 1 amide bonds. The van der Waals surface area contributed by atoms with E-state index < -0.39 is 61.7 Å². The number of nitrogens with zero attached hydrogens (tertiary/aromatic N) is 1. The van der Waals surface area contributed by atoms with Crippen LogP contribution in [0.1, 0.15) is 48.5 Å². The number of Topliss-reactive ketones (excluding diaryl/α,β-unsaturated/α-hetero) is 1. The van der Waals surface area contributed by atoms with Gasteiger partial charge in [0.05, 0.1) is 27.9 Å². The fourth-order valence-corrected chi connectivity index (χ4v) is 5.53. The van der Waals surface area contributed by atoms with Crippen LogP contribution in [-0.2, 0) is 21.2 Å². The molecule has 0 saturated carbocycles. The Bertz CT molecular complexity index is 1240. The van der Waals surface area contributed by atoms with Crippen LogP contribution in [0.25, 0.3) is 0 Å². The van der Waals surface area contributed by atoms with Gasteiger partial charge in [0.2, 0.25) is 5.91 Å². The van der Waals surface area contributed by atoms with Crippen LogP contribution >= 0.6 is 24.0 Å². The third kappa shape index (κ3) is 6.56. The lowest BCUT2D eigenvalue weighted by atomic mass is 10.0. The lowest BCUT2D eigenvalue weighted by Crippen LogP contribution is -2.49. The molecule has 6 nitrogen and oxygen atoms in total. The molecule has 2 atom stereocenters. The number of anilines is 1. The zero-order valence-electron chi connectivity index (χ0n) is 19.0. The average Bonchev–Trinajstić information content (AvgIpc) is 2.82. The van der Waals surface area contributed by atoms with Crippen LogP contribution in [-0.4, -0.2) is 37.6 Å². The molecule has 1 aliphatic heterocycles. The van der Waals surface area contributed by atoms with Crippen molar-refractivity contribution in [2.45, 2.75) is 61.5 Å². The molecule has 0 unspecified atom stereocenters. The molecular formula is C23H24Cl2F4N2O4S. The number of halogens is 6. The Labute approximate surface area is 217 Å². The minimum atomic E-state index is -4.37.